The van der Waals surface area contributed by atoms with Gasteiger partial charge in [-0.05, 0) is 24.6 Å². The Labute approximate surface area is 167 Å². The third kappa shape index (κ3) is 4.05. The number of rotatable bonds is 4. The van der Waals surface area contributed by atoms with Crippen LogP contribution in [0.25, 0.3) is 11.3 Å². The maximum absolute atomic E-state index is 14.2. The first-order valence-corrected chi connectivity index (χ1v) is 9.50. The van der Waals surface area contributed by atoms with Crippen molar-refractivity contribution in [2.75, 3.05) is 26.2 Å². The van der Waals surface area contributed by atoms with Crippen LogP contribution in [0.3, 0.4) is 0 Å². The number of carbonyl (C=O) groups is 1. The van der Waals surface area contributed by atoms with Gasteiger partial charge in [-0.1, -0.05) is 35.5 Å². The van der Waals surface area contributed by atoms with Gasteiger partial charge in [0.25, 0.3) is 5.91 Å². The molecule has 0 aliphatic carbocycles. The van der Waals surface area contributed by atoms with Crippen molar-refractivity contribution in [3.63, 3.8) is 0 Å². The van der Waals surface area contributed by atoms with E-state index in [1.165, 1.54) is 11.6 Å². The predicted molar refractivity (Wildman–Crippen MR) is 104 cm³/mol. The first-order chi connectivity index (χ1) is 14.0. The molecule has 0 spiro atoms. The van der Waals surface area contributed by atoms with Gasteiger partial charge < -0.3 is 9.42 Å². The smallest absolute Gasteiger partial charge is 0.259 e. The zero-order valence-corrected chi connectivity index (χ0v) is 16.1. The molecule has 5 nitrogen and oxygen atoms in total. The van der Waals surface area contributed by atoms with E-state index in [1.807, 2.05) is 18.2 Å². The molecule has 2 heterocycles. The Morgan fingerprint density at radius 2 is 1.79 bits per heavy atom. The highest BCUT2D eigenvalue weighted by molar-refractivity contribution is 6.00. The summed E-state index contributed by atoms with van der Waals surface area (Å²) in [6.07, 6.45) is 0. The first-order valence-electron chi connectivity index (χ1n) is 9.50. The van der Waals surface area contributed by atoms with E-state index in [9.17, 15) is 13.6 Å². The molecule has 3 aromatic rings. The Hall–Kier alpha value is -3.06. The number of carbonyl (C=O) groups excluding carboxylic acids is 1. The maximum atomic E-state index is 14.2. The Morgan fingerprint density at radius 3 is 2.48 bits per heavy atom. The third-order valence-corrected chi connectivity index (χ3v) is 5.17. The number of aromatic nitrogens is 1. The standard InChI is InChI=1S/C22H21F2N3O2/c1-15-20(21(25-29-15)18-8-7-17(23)13-19(18)24)22(28)27-11-9-26(10-12-27)14-16-5-3-2-4-6-16/h2-8,13H,9-12,14H2,1H3. The molecule has 2 aromatic carbocycles. The van der Waals surface area contributed by atoms with Gasteiger partial charge in [0, 0.05) is 44.4 Å². The second-order valence-electron chi connectivity index (χ2n) is 7.14. The average Bonchev–Trinajstić information content (AvgIpc) is 3.10. The molecule has 0 N–H and O–H groups in total. The van der Waals surface area contributed by atoms with Gasteiger partial charge in [0.1, 0.15) is 28.7 Å². The Bertz CT molecular complexity index is 1010. The lowest BCUT2D eigenvalue weighted by Gasteiger charge is -2.34. The van der Waals surface area contributed by atoms with Crippen LogP contribution < -0.4 is 0 Å². The average molecular weight is 397 g/mol. The van der Waals surface area contributed by atoms with Crippen molar-refractivity contribution in [1.29, 1.82) is 0 Å². The van der Waals surface area contributed by atoms with Gasteiger partial charge in [-0.3, -0.25) is 9.69 Å². The summed E-state index contributed by atoms with van der Waals surface area (Å²) in [6.45, 7) is 5.05. The third-order valence-electron chi connectivity index (χ3n) is 5.17. The molecule has 0 radical (unpaired) electrons. The van der Waals surface area contributed by atoms with Gasteiger partial charge in [-0.25, -0.2) is 8.78 Å². The molecule has 1 saturated heterocycles. The van der Waals surface area contributed by atoms with E-state index in [2.05, 4.69) is 22.2 Å². The minimum absolute atomic E-state index is 0.0503. The minimum Gasteiger partial charge on any atom is -0.360 e. The van der Waals surface area contributed by atoms with E-state index < -0.39 is 11.6 Å². The molecule has 7 heteroatoms. The summed E-state index contributed by atoms with van der Waals surface area (Å²) in [5.74, 6) is -1.39. The summed E-state index contributed by atoms with van der Waals surface area (Å²) >= 11 is 0. The predicted octanol–water partition coefficient (Wildman–Crippen LogP) is 3.89. The molecular formula is C22H21F2N3O2. The van der Waals surface area contributed by atoms with Gasteiger partial charge in [0.2, 0.25) is 0 Å². The van der Waals surface area contributed by atoms with Crippen LogP contribution in [0, 0.1) is 18.6 Å². The zero-order chi connectivity index (χ0) is 20.4. The molecule has 1 fully saturated rings. The highest BCUT2D eigenvalue weighted by Crippen LogP contribution is 2.29. The van der Waals surface area contributed by atoms with Crippen LogP contribution in [0.4, 0.5) is 8.78 Å². The van der Waals surface area contributed by atoms with Crippen molar-refractivity contribution in [3.05, 3.63) is 77.1 Å². The molecule has 150 valence electrons. The van der Waals surface area contributed by atoms with E-state index in [0.717, 1.165) is 31.8 Å². The van der Waals surface area contributed by atoms with Crippen molar-refractivity contribution in [2.45, 2.75) is 13.5 Å². The number of aryl methyl sites for hydroxylation is 1. The summed E-state index contributed by atoms with van der Waals surface area (Å²) in [4.78, 5) is 17.1. The monoisotopic (exact) mass is 397 g/mol. The SMILES string of the molecule is Cc1onc(-c2ccc(F)cc2F)c1C(=O)N1CCN(Cc2ccccc2)CC1. The van der Waals surface area contributed by atoms with E-state index in [0.29, 0.717) is 18.8 Å². The van der Waals surface area contributed by atoms with Gasteiger partial charge in [-0.2, -0.15) is 0 Å². The molecular weight excluding hydrogens is 376 g/mol. The largest absolute Gasteiger partial charge is 0.360 e. The minimum atomic E-state index is -0.778. The Balaban J connectivity index is 1.49. The fourth-order valence-corrected chi connectivity index (χ4v) is 3.60. The summed E-state index contributed by atoms with van der Waals surface area (Å²) < 4.78 is 32.7. The van der Waals surface area contributed by atoms with Crippen LogP contribution in [-0.4, -0.2) is 47.0 Å². The van der Waals surface area contributed by atoms with E-state index in [4.69, 9.17) is 4.52 Å². The van der Waals surface area contributed by atoms with Crippen LogP contribution in [0.2, 0.25) is 0 Å². The van der Waals surface area contributed by atoms with Crippen LogP contribution in [-0.2, 0) is 6.54 Å². The molecule has 0 unspecified atom stereocenters. The highest BCUT2D eigenvalue weighted by Gasteiger charge is 2.29. The van der Waals surface area contributed by atoms with Gasteiger partial charge in [0.05, 0.1) is 0 Å². The van der Waals surface area contributed by atoms with Crippen LogP contribution >= 0.6 is 0 Å². The lowest BCUT2D eigenvalue weighted by atomic mass is 10.0. The van der Waals surface area contributed by atoms with Gasteiger partial charge >= 0.3 is 0 Å². The van der Waals surface area contributed by atoms with E-state index in [1.54, 1.807) is 11.8 Å². The number of amides is 1. The molecule has 1 aliphatic rings. The molecule has 29 heavy (non-hydrogen) atoms. The van der Waals surface area contributed by atoms with Crippen LogP contribution in [0.15, 0.2) is 53.1 Å². The summed E-state index contributed by atoms with van der Waals surface area (Å²) in [7, 11) is 0. The summed E-state index contributed by atoms with van der Waals surface area (Å²) in [5, 5.41) is 3.87. The molecule has 4 rings (SSSR count). The topological polar surface area (TPSA) is 49.6 Å². The number of hydrogen-bond donors (Lipinski definition) is 0. The fourth-order valence-electron chi connectivity index (χ4n) is 3.60. The highest BCUT2D eigenvalue weighted by atomic mass is 19.1. The number of piperazine rings is 1. The Morgan fingerprint density at radius 1 is 1.07 bits per heavy atom. The fraction of sp³-hybridized carbons (Fsp3) is 0.273. The van der Waals surface area contributed by atoms with E-state index >= 15 is 0 Å². The van der Waals surface area contributed by atoms with Crippen LogP contribution in [0.1, 0.15) is 21.7 Å². The molecule has 1 aromatic heterocycles. The van der Waals surface area contributed by atoms with Gasteiger partial charge in [-0.15, -0.1) is 0 Å². The quantitative estimate of drug-likeness (QED) is 0.670. The number of benzene rings is 2. The normalized spacial score (nSPS) is 14.9. The second-order valence-corrected chi connectivity index (χ2v) is 7.14. The zero-order valence-electron chi connectivity index (χ0n) is 16.1. The van der Waals surface area contributed by atoms with Crippen molar-refractivity contribution < 1.29 is 18.1 Å². The molecule has 1 amide bonds. The second kappa shape index (κ2) is 8.13. The summed E-state index contributed by atoms with van der Waals surface area (Å²) in [5.41, 5.74) is 1.62. The number of nitrogens with zero attached hydrogens (tertiary/aromatic N) is 3. The maximum Gasteiger partial charge on any atom is 0.259 e. The lowest BCUT2D eigenvalue weighted by Crippen LogP contribution is -2.48. The number of halogens is 2. The van der Waals surface area contributed by atoms with Crippen molar-refractivity contribution in [2.24, 2.45) is 0 Å². The molecule has 0 saturated carbocycles. The lowest BCUT2D eigenvalue weighted by molar-refractivity contribution is 0.0627. The first kappa shape index (κ1) is 19.3. The van der Waals surface area contributed by atoms with E-state index in [-0.39, 0.29) is 22.7 Å². The van der Waals surface area contributed by atoms with Crippen molar-refractivity contribution >= 4 is 5.91 Å². The van der Waals surface area contributed by atoms with Crippen LogP contribution in [0.5, 0.6) is 0 Å². The molecule has 1 aliphatic heterocycles. The van der Waals surface area contributed by atoms with Gasteiger partial charge in [0.15, 0.2) is 0 Å². The number of hydrogen-bond acceptors (Lipinski definition) is 4. The summed E-state index contributed by atoms with van der Waals surface area (Å²) in [6, 6.07) is 13.4. The molecule has 0 bridgehead atoms. The van der Waals surface area contributed by atoms with Crippen molar-refractivity contribution in [3.8, 4) is 11.3 Å². The molecule has 0 atom stereocenters. The van der Waals surface area contributed by atoms with Crippen molar-refractivity contribution in [1.82, 2.24) is 15.0 Å². The Kier molecular flexibility index (Phi) is 5.40.